The van der Waals surface area contributed by atoms with Gasteiger partial charge in [0.15, 0.2) is 9.84 Å². The van der Waals surface area contributed by atoms with E-state index in [-0.39, 0.29) is 51.2 Å². The Hall–Kier alpha value is -3.00. The molecule has 1 aromatic heterocycles. The number of aromatic nitrogens is 1. The number of rotatable bonds is 10. The molecule has 1 unspecified atom stereocenters. The number of hydrogen-bond acceptors (Lipinski definition) is 8. The van der Waals surface area contributed by atoms with Crippen LogP contribution < -0.4 is 10.1 Å². The van der Waals surface area contributed by atoms with Crippen LogP contribution in [0.15, 0.2) is 53.8 Å². The number of nitrogens with one attached hydrogen (secondary N) is 1. The second-order valence-corrected chi connectivity index (χ2v) is 23.9. The van der Waals surface area contributed by atoms with Gasteiger partial charge in [0.2, 0.25) is 5.88 Å². The average molecular weight is 827 g/mol. The normalized spacial score (nSPS) is 41.1. The third kappa shape index (κ3) is 6.87. The number of sulfone groups is 1. The minimum absolute atomic E-state index is 0.0149. The van der Waals surface area contributed by atoms with Gasteiger partial charge in [-0.1, -0.05) is 58.9 Å². The lowest BCUT2D eigenvalue weighted by Gasteiger charge is -2.72. The number of allylic oxidation sites excluding steroid dienone is 5. The zero-order valence-electron chi connectivity index (χ0n) is 36.7. The number of fused-ring (bicyclic) bond motifs is 7. The summed E-state index contributed by atoms with van der Waals surface area (Å²) >= 11 is 0. The second kappa shape index (κ2) is 15.1. The monoisotopic (exact) mass is 827 g/mol. The predicted octanol–water partition coefficient (Wildman–Crippen LogP) is 8.78. The number of hydrogen-bond donors (Lipinski definition) is 2. The van der Waals surface area contributed by atoms with Gasteiger partial charge in [0.1, 0.15) is 23.7 Å². The fourth-order valence-electron chi connectivity index (χ4n) is 15.4. The molecule has 322 valence electrons. The number of nitriles is 1. The van der Waals surface area contributed by atoms with Crippen molar-refractivity contribution in [1.82, 2.24) is 15.2 Å². The first kappa shape index (κ1) is 42.7. The summed E-state index contributed by atoms with van der Waals surface area (Å²) in [5.74, 6) is 2.85. The number of nitrogens with zero attached hydrogens (tertiary/aromatic N) is 3. The molecule has 2 heterocycles. The van der Waals surface area contributed by atoms with E-state index in [1.807, 2.05) is 0 Å². The predicted molar refractivity (Wildman–Crippen MR) is 232 cm³/mol. The lowest BCUT2D eigenvalue weighted by Crippen LogP contribution is -2.68. The molecule has 0 aromatic carbocycles. The molecular weight excluding hydrogens is 757 g/mol. The van der Waals surface area contributed by atoms with Crippen molar-refractivity contribution in [1.29, 1.82) is 5.26 Å². The summed E-state index contributed by atoms with van der Waals surface area (Å²) in [7, 11) is -2.88. The Balaban J connectivity index is 1.01. The number of ether oxygens (including phenoxy) is 1. The van der Waals surface area contributed by atoms with E-state index in [4.69, 9.17) is 4.74 Å². The lowest BCUT2D eigenvalue weighted by molar-refractivity contribution is -0.221. The molecule has 9 nitrogen and oxygen atoms in total. The standard InChI is InChI=1S/C49H70N4O5S/c1-33(2)36-14-21-49(52-25-26-53-27-29-59(56,57)30-28-53)23-22-46(6)38(41(36)49)10-11-40-45(5)17-15-37(44(3,4)39(45)16-18-47(40,46)7)34-12-19-48(20-13-34,43(54)55)32-58-42-35(31-50)9-8-24-51-42/h8-9,12,15,24,36,38-41,52H,1,10-11,13-14,16-23,25-30,32H2,2-7H3,(H,54,55)/t36-,38-,39+,40-,41-,45+,46-,47-,48-,49?/m1/s1. The lowest BCUT2D eigenvalue weighted by atomic mass is 9.33. The van der Waals surface area contributed by atoms with E-state index in [0.29, 0.717) is 67.5 Å². The molecule has 2 N–H and O–H groups in total. The van der Waals surface area contributed by atoms with Gasteiger partial charge in [0, 0.05) is 37.9 Å². The Bertz CT molecular complexity index is 2060. The average Bonchev–Trinajstić information content (AvgIpc) is 3.58. The quantitative estimate of drug-likeness (QED) is 0.222. The first-order valence-corrected chi connectivity index (χ1v) is 24.6. The Morgan fingerprint density at radius 1 is 1.00 bits per heavy atom. The summed E-state index contributed by atoms with van der Waals surface area (Å²) in [6.45, 7) is 23.0. The Morgan fingerprint density at radius 2 is 1.76 bits per heavy atom. The molecule has 0 amide bonds. The molecular formula is C49H70N4O5S. The number of carboxylic acids is 1. The Labute approximate surface area is 354 Å². The summed E-state index contributed by atoms with van der Waals surface area (Å²) in [5.41, 5.74) is 4.09. The van der Waals surface area contributed by atoms with Crippen LogP contribution in [0, 0.1) is 68.0 Å². The maximum atomic E-state index is 12.8. The van der Waals surface area contributed by atoms with Crippen LogP contribution in [0.3, 0.4) is 0 Å². The van der Waals surface area contributed by atoms with Crippen molar-refractivity contribution in [2.45, 2.75) is 124 Å². The van der Waals surface area contributed by atoms with E-state index in [9.17, 15) is 23.6 Å². The van der Waals surface area contributed by atoms with E-state index in [0.717, 1.165) is 19.5 Å². The minimum atomic E-state index is -2.88. The van der Waals surface area contributed by atoms with Gasteiger partial charge in [0.05, 0.1) is 11.5 Å². The zero-order chi connectivity index (χ0) is 42.2. The third-order valence-corrected chi connectivity index (χ3v) is 20.4. The van der Waals surface area contributed by atoms with Gasteiger partial charge < -0.3 is 20.1 Å². The molecule has 6 aliphatic carbocycles. The highest BCUT2D eigenvalue weighted by Gasteiger charge is 2.70. The minimum Gasteiger partial charge on any atom is -0.481 e. The molecule has 59 heavy (non-hydrogen) atoms. The zero-order valence-corrected chi connectivity index (χ0v) is 37.6. The van der Waals surface area contributed by atoms with Crippen LogP contribution in [0.2, 0.25) is 0 Å². The molecule has 0 spiro atoms. The molecule has 5 fully saturated rings. The first-order chi connectivity index (χ1) is 27.8. The van der Waals surface area contributed by atoms with Gasteiger partial charge in [-0.05, 0) is 159 Å². The van der Waals surface area contributed by atoms with Crippen LogP contribution in [0.5, 0.6) is 5.88 Å². The molecule has 1 aliphatic heterocycles. The van der Waals surface area contributed by atoms with E-state index >= 15 is 0 Å². The van der Waals surface area contributed by atoms with Crippen molar-refractivity contribution in [2.24, 2.45) is 56.7 Å². The van der Waals surface area contributed by atoms with Crippen LogP contribution in [0.25, 0.3) is 0 Å². The molecule has 1 aromatic rings. The highest BCUT2D eigenvalue weighted by molar-refractivity contribution is 7.91. The molecule has 0 radical (unpaired) electrons. The van der Waals surface area contributed by atoms with Crippen LogP contribution in [-0.2, 0) is 14.6 Å². The van der Waals surface area contributed by atoms with Crippen LogP contribution in [0.4, 0.5) is 0 Å². The van der Waals surface area contributed by atoms with Gasteiger partial charge in [-0.3, -0.25) is 4.79 Å². The fourth-order valence-corrected chi connectivity index (χ4v) is 16.6. The summed E-state index contributed by atoms with van der Waals surface area (Å²) < 4.78 is 30.1. The van der Waals surface area contributed by atoms with E-state index in [1.165, 1.54) is 68.1 Å². The number of aliphatic carboxylic acids is 1. The fraction of sp³-hybridized carbons (Fsp3) is 0.735. The van der Waals surface area contributed by atoms with Crippen LogP contribution in [-0.4, -0.2) is 79.2 Å². The summed E-state index contributed by atoms with van der Waals surface area (Å²) in [6.07, 6.45) is 18.9. The molecule has 7 aliphatic rings. The SMILES string of the molecule is C=C(C)[C@H]1CCC2(NCCN3CCS(=O)(=O)CC3)CC[C@]3(C)[C@H](CC[C@@H]4[C@@]5(C)CC=C(C6=CC[C@@](COc7ncccc7C#N)(C(=O)O)CC6)C(C)(C)[C@@H]5CC[C@]43C)[C@@H]12. The van der Waals surface area contributed by atoms with E-state index < -0.39 is 21.2 Å². The van der Waals surface area contributed by atoms with E-state index in [1.54, 1.807) is 18.3 Å². The highest BCUT2D eigenvalue weighted by Crippen LogP contribution is 2.76. The molecule has 10 heteroatoms. The highest BCUT2D eigenvalue weighted by atomic mass is 32.2. The maximum absolute atomic E-state index is 12.8. The van der Waals surface area contributed by atoms with Crippen molar-refractivity contribution in [3.63, 3.8) is 0 Å². The van der Waals surface area contributed by atoms with Crippen molar-refractivity contribution in [3.8, 4) is 11.9 Å². The van der Waals surface area contributed by atoms with Crippen molar-refractivity contribution < 1.29 is 23.1 Å². The summed E-state index contributed by atoms with van der Waals surface area (Å²) in [5, 5.41) is 24.2. The Morgan fingerprint density at radius 3 is 2.44 bits per heavy atom. The van der Waals surface area contributed by atoms with Crippen LogP contribution in [0.1, 0.15) is 124 Å². The smallest absolute Gasteiger partial charge is 0.313 e. The van der Waals surface area contributed by atoms with Gasteiger partial charge in [0.25, 0.3) is 0 Å². The number of carbonyl (C=O) groups is 1. The Kier molecular flexibility index (Phi) is 10.9. The van der Waals surface area contributed by atoms with Gasteiger partial charge in [-0.15, -0.1) is 0 Å². The number of carboxylic acid groups (broad SMARTS) is 1. The second-order valence-electron chi connectivity index (χ2n) is 21.6. The molecule has 10 atom stereocenters. The molecule has 0 bridgehead atoms. The maximum Gasteiger partial charge on any atom is 0.313 e. The molecule has 4 saturated carbocycles. The van der Waals surface area contributed by atoms with Gasteiger partial charge in [-0.2, -0.15) is 5.26 Å². The largest absolute Gasteiger partial charge is 0.481 e. The van der Waals surface area contributed by atoms with Crippen molar-refractivity contribution >= 4 is 15.8 Å². The summed E-state index contributed by atoms with van der Waals surface area (Å²) in [6, 6.07) is 5.43. The topological polar surface area (TPSA) is 133 Å². The number of pyridine rings is 1. The van der Waals surface area contributed by atoms with E-state index in [2.05, 4.69) is 81.5 Å². The van der Waals surface area contributed by atoms with Crippen LogP contribution >= 0.6 is 0 Å². The first-order valence-electron chi connectivity index (χ1n) is 22.8. The van der Waals surface area contributed by atoms with Crippen molar-refractivity contribution in [3.05, 3.63) is 59.3 Å². The summed E-state index contributed by atoms with van der Waals surface area (Å²) in [4.78, 5) is 19.4. The van der Waals surface area contributed by atoms with Crippen molar-refractivity contribution in [2.75, 3.05) is 44.3 Å². The molecule has 8 rings (SSSR count). The third-order valence-electron chi connectivity index (χ3n) is 18.8. The van der Waals surface area contributed by atoms with Gasteiger partial charge in [-0.25, -0.2) is 13.4 Å². The van der Waals surface area contributed by atoms with Gasteiger partial charge >= 0.3 is 5.97 Å². The molecule has 1 saturated heterocycles.